The molecular weight excluding hydrogens is 386 g/mol. The molecule has 2 atom stereocenters. The lowest BCUT2D eigenvalue weighted by Gasteiger charge is -2.38. The van der Waals surface area contributed by atoms with Gasteiger partial charge in [0.15, 0.2) is 0 Å². The Morgan fingerprint density at radius 1 is 1.10 bits per heavy atom. The molecule has 2 aliphatic rings. The van der Waals surface area contributed by atoms with Crippen molar-refractivity contribution in [2.24, 2.45) is 5.92 Å². The van der Waals surface area contributed by atoms with Gasteiger partial charge in [-0.3, -0.25) is 4.79 Å². The number of nitriles is 1. The zero-order valence-electron chi connectivity index (χ0n) is 17.8. The average Bonchev–Trinajstić information content (AvgIpc) is 2.72. The van der Waals surface area contributed by atoms with E-state index < -0.39 is 5.60 Å². The number of carbonyl (C=O) groups is 2. The maximum atomic E-state index is 13.1. The van der Waals surface area contributed by atoms with E-state index in [1.165, 1.54) is 12.4 Å². The molecule has 0 spiro atoms. The van der Waals surface area contributed by atoms with Crippen molar-refractivity contribution in [3.8, 4) is 11.9 Å². The van der Waals surface area contributed by atoms with Crippen molar-refractivity contribution in [1.29, 1.82) is 5.26 Å². The molecule has 2 fully saturated rings. The van der Waals surface area contributed by atoms with Crippen molar-refractivity contribution < 1.29 is 19.1 Å². The first-order valence-corrected chi connectivity index (χ1v) is 10.4. The van der Waals surface area contributed by atoms with Crippen molar-refractivity contribution in [3.63, 3.8) is 0 Å². The van der Waals surface area contributed by atoms with Crippen LogP contribution in [0.15, 0.2) is 12.4 Å². The number of piperidine rings is 2. The van der Waals surface area contributed by atoms with Gasteiger partial charge in [-0.1, -0.05) is 0 Å². The number of hydrogen-bond acceptors (Lipinski definition) is 7. The zero-order valence-corrected chi connectivity index (χ0v) is 17.8. The average molecular weight is 415 g/mol. The molecule has 0 bridgehead atoms. The van der Waals surface area contributed by atoms with E-state index in [1.54, 1.807) is 9.80 Å². The third-order valence-corrected chi connectivity index (χ3v) is 5.16. The Kier molecular flexibility index (Phi) is 6.75. The van der Waals surface area contributed by atoms with Crippen LogP contribution in [0.1, 0.15) is 52.1 Å². The molecule has 0 radical (unpaired) electrons. The second-order valence-corrected chi connectivity index (χ2v) is 8.75. The molecule has 2 saturated heterocycles. The zero-order chi connectivity index (χ0) is 21.7. The number of hydrogen-bond donors (Lipinski definition) is 0. The smallest absolute Gasteiger partial charge is 0.410 e. The maximum Gasteiger partial charge on any atom is 0.410 e. The predicted molar refractivity (Wildman–Crippen MR) is 108 cm³/mol. The number of rotatable bonds is 3. The molecule has 0 aliphatic carbocycles. The van der Waals surface area contributed by atoms with Gasteiger partial charge in [0.25, 0.3) is 5.88 Å². The molecule has 162 valence electrons. The molecule has 9 nitrogen and oxygen atoms in total. The summed E-state index contributed by atoms with van der Waals surface area (Å²) in [5.41, 5.74) is -0.421. The Bertz CT molecular complexity index is 816. The van der Waals surface area contributed by atoms with Crippen LogP contribution in [0.25, 0.3) is 0 Å². The summed E-state index contributed by atoms with van der Waals surface area (Å²) >= 11 is 0. The molecule has 2 unspecified atom stereocenters. The predicted octanol–water partition coefficient (Wildman–Crippen LogP) is 2.37. The van der Waals surface area contributed by atoms with Crippen LogP contribution in [-0.4, -0.2) is 69.7 Å². The Labute approximate surface area is 177 Å². The highest BCUT2D eigenvalue weighted by atomic mass is 16.6. The number of amides is 2. The Balaban J connectivity index is 1.59. The largest absolute Gasteiger partial charge is 0.470 e. The number of nitrogens with zero attached hydrogens (tertiary/aromatic N) is 5. The number of aromatic nitrogens is 2. The topological polar surface area (TPSA) is 109 Å². The summed E-state index contributed by atoms with van der Waals surface area (Å²) in [5, 5.41) is 9.16. The molecule has 0 N–H and O–H groups in total. The van der Waals surface area contributed by atoms with E-state index in [1.807, 2.05) is 26.8 Å². The van der Waals surface area contributed by atoms with Gasteiger partial charge in [0.1, 0.15) is 17.8 Å². The van der Waals surface area contributed by atoms with Gasteiger partial charge in [0.2, 0.25) is 11.6 Å². The monoisotopic (exact) mass is 415 g/mol. The van der Waals surface area contributed by atoms with E-state index in [0.717, 1.165) is 25.7 Å². The molecule has 3 heterocycles. The summed E-state index contributed by atoms with van der Waals surface area (Å²) in [7, 11) is 0. The Hall–Kier alpha value is -2.89. The Morgan fingerprint density at radius 2 is 1.80 bits per heavy atom. The van der Waals surface area contributed by atoms with Crippen LogP contribution in [-0.2, 0) is 9.53 Å². The van der Waals surface area contributed by atoms with E-state index in [-0.39, 0.29) is 35.6 Å². The van der Waals surface area contributed by atoms with Crippen molar-refractivity contribution in [3.05, 3.63) is 18.1 Å². The van der Waals surface area contributed by atoms with Gasteiger partial charge in [-0.05, 0) is 46.5 Å². The summed E-state index contributed by atoms with van der Waals surface area (Å²) in [6, 6.07) is 1.97. The van der Waals surface area contributed by atoms with Crippen LogP contribution in [0, 0.1) is 17.2 Å². The van der Waals surface area contributed by atoms with Gasteiger partial charge in [0, 0.05) is 32.0 Å². The molecule has 1 aromatic heterocycles. The van der Waals surface area contributed by atoms with Gasteiger partial charge in [-0.25, -0.2) is 14.8 Å². The highest BCUT2D eigenvalue weighted by Crippen LogP contribution is 2.24. The lowest BCUT2D eigenvalue weighted by atomic mass is 9.95. The number of carbonyl (C=O) groups excluding carboxylic acids is 2. The fraction of sp³-hybridized carbons (Fsp3) is 0.667. The molecule has 1 aromatic rings. The minimum absolute atomic E-state index is 0.0382. The SMILES string of the molecule is CC(C)(C)OC(=O)N1CCCC(C(=O)N2CCCC(Oc3nccnc3C#N)C2)C1. The molecular formula is C21H29N5O4. The summed E-state index contributed by atoms with van der Waals surface area (Å²) in [4.78, 5) is 37.0. The van der Waals surface area contributed by atoms with E-state index >= 15 is 0 Å². The van der Waals surface area contributed by atoms with Crippen LogP contribution < -0.4 is 4.74 Å². The summed E-state index contributed by atoms with van der Waals surface area (Å²) in [6.45, 7) is 7.57. The van der Waals surface area contributed by atoms with Crippen molar-refractivity contribution in [2.45, 2.75) is 58.2 Å². The summed E-state index contributed by atoms with van der Waals surface area (Å²) in [6.07, 6.45) is 5.43. The van der Waals surface area contributed by atoms with Crippen molar-refractivity contribution in [1.82, 2.24) is 19.8 Å². The molecule has 0 saturated carbocycles. The van der Waals surface area contributed by atoms with Gasteiger partial charge in [-0.15, -0.1) is 0 Å². The van der Waals surface area contributed by atoms with Crippen LogP contribution in [0.2, 0.25) is 0 Å². The van der Waals surface area contributed by atoms with Crippen LogP contribution in [0.3, 0.4) is 0 Å². The van der Waals surface area contributed by atoms with Gasteiger partial charge in [0.05, 0.1) is 12.5 Å². The second kappa shape index (κ2) is 9.28. The molecule has 2 aliphatic heterocycles. The highest BCUT2D eigenvalue weighted by Gasteiger charge is 2.35. The highest BCUT2D eigenvalue weighted by molar-refractivity contribution is 5.80. The van der Waals surface area contributed by atoms with Gasteiger partial charge < -0.3 is 19.3 Å². The molecule has 0 aromatic carbocycles. The van der Waals surface area contributed by atoms with Crippen LogP contribution in [0.5, 0.6) is 5.88 Å². The lowest BCUT2D eigenvalue weighted by Crippen LogP contribution is -2.51. The fourth-order valence-electron chi connectivity index (χ4n) is 3.81. The number of likely N-dealkylation sites (tertiary alicyclic amines) is 2. The quantitative estimate of drug-likeness (QED) is 0.745. The second-order valence-electron chi connectivity index (χ2n) is 8.75. The van der Waals surface area contributed by atoms with Crippen molar-refractivity contribution in [2.75, 3.05) is 26.2 Å². The first-order chi connectivity index (χ1) is 14.3. The summed E-state index contributed by atoms with van der Waals surface area (Å²) in [5.74, 6) is 0.000446. The minimum Gasteiger partial charge on any atom is -0.470 e. The first kappa shape index (κ1) is 21.8. The van der Waals surface area contributed by atoms with Gasteiger partial charge >= 0.3 is 6.09 Å². The number of ether oxygens (including phenoxy) is 2. The third-order valence-electron chi connectivity index (χ3n) is 5.16. The lowest BCUT2D eigenvalue weighted by molar-refractivity contribution is -0.139. The van der Waals surface area contributed by atoms with E-state index in [4.69, 9.17) is 14.7 Å². The van der Waals surface area contributed by atoms with Gasteiger partial charge in [-0.2, -0.15) is 5.26 Å². The molecule has 30 heavy (non-hydrogen) atoms. The Morgan fingerprint density at radius 3 is 2.53 bits per heavy atom. The third kappa shape index (κ3) is 5.59. The maximum absolute atomic E-state index is 13.1. The molecule has 9 heteroatoms. The molecule has 3 rings (SSSR count). The van der Waals surface area contributed by atoms with Crippen LogP contribution in [0.4, 0.5) is 4.79 Å². The van der Waals surface area contributed by atoms with E-state index in [9.17, 15) is 9.59 Å². The van der Waals surface area contributed by atoms with E-state index in [0.29, 0.717) is 26.2 Å². The minimum atomic E-state index is -0.561. The fourth-order valence-corrected chi connectivity index (χ4v) is 3.81. The summed E-state index contributed by atoms with van der Waals surface area (Å²) < 4.78 is 11.3. The van der Waals surface area contributed by atoms with Crippen LogP contribution >= 0.6 is 0 Å². The van der Waals surface area contributed by atoms with Crippen molar-refractivity contribution >= 4 is 12.0 Å². The van der Waals surface area contributed by atoms with E-state index in [2.05, 4.69) is 9.97 Å². The normalized spacial score (nSPS) is 22.2. The molecule has 2 amide bonds. The standard InChI is InChI=1S/C21H29N5O4/c1-21(2,3)30-20(28)26-11-4-6-15(13-26)19(27)25-10-5-7-16(14-25)29-18-17(12-22)23-8-9-24-18/h8-9,15-16H,4-7,10-11,13-14H2,1-3H3. The first-order valence-electron chi connectivity index (χ1n) is 10.4.